The Hall–Kier alpha value is -0.820. The summed E-state index contributed by atoms with van der Waals surface area (Å²) in [5, 5.41) is 0. The van der Waals surface area contributed by atoms with Crippen molar-refractivity contribution < 1.29 is 27.4 Å². The van der Waals surface area contributed by atoms with Gasteiger partial charge in [-0.05, 0) is 20.8 Å². The van der Waals surface area contributed by atoms with E-state index in [0.29, 0.717) is 0 Å². The molecule has 2 atom stereocenters. The Balaban J connectivity index is 4.23. The number of ether oxygens (including phenoxy) is 2. The van der Waals surface area contributed by atoms with Gasteiger partial charge < -0.3 is 15.2 Å². The molecule has 0 amide bonds. The number of hydrogen-bond acceptors (Lipinski definition) is 4. The van der Waals surface area contributed by atoms with Crippen molar-refractivity contribution in [3.63, 3.8) is 0 Å². The van der Waals surface area contributed by atoms with Crippen LogP contribution in [0.15, 0.2) is 0 Å². The minimum atomic E-state index is -4.47. The van der Waals surface area contributed by atoms with E-state index in [9.17, 15) is 18.0 Å². The van der Waals surface area contributed by atoms with Gasteiger partial charge in [-0.2, -0.15) is 13.2 Å². The summed E-state index contributed by atoms with van der Waals surface area (Å²) in [7, 11) is 0. The lowest BCUT2D eigenvalue weighted by molar-refractivity contribution is -0.218. The molecule has 96 valence electrons. The van der Waals surface area contributed by atoms with E-state index >= 15 is 0 Å². The van der Waals surface area contributed by atoms with Crippen LogP contribution in [0.25, 0.3) is 0 Å². The van der Waals surface area contributed by atoms with Gasteiger partial charge in [-0.3, -0.25) is 0 Å². The molecule has 0 rings (SSSR count). The van der Waals surface area contributed by atoms with E-state index in [4.69, 9.17) is 5.73 Å². The molecule has 0 aliphatic rings. The molecular weight excluding hydrogens is 227 g/mol. The molecule has 0 saturated carbocycles. The first kappa shape index (κ1) is 15.2. The highest BCUT2D eigenvalue weighted by Gasteiger charge is 2.39. The number of hydrogen-bond donors (Lipinski definition) is 1. The minimum absolute atomic E-state index is 0.112. The van der Waals surface area contributed by atoms with Gasteiger partial charge in [0.1, 0.15) is 5.54 Å². The Morgan fingerprint density at radius 2 is 1.94 bits per heavy atom. The molecule has 0 fully saturated rings. The lowest BCUT2D eigenvalue weighted by atomic mass is 10.1. The quantitative estimate of drug-likeness (QED) is 0.738. The fraction of sp³-hybridized carbons (Fsp3) is 0.889. The van der Waals surface area contributed by atoms with Crippen molar-refractivity contribution in [3.05, 3.63) is 0 Å². The summed E-state index contributed by atoms with van der Waals surface area (Å²) in [5.41, 5.74) is 3.90. The average Bonchev–Trinajstić information content (AvgIpc) is 2.13. The van der Waals surface area contributed by atoms with E-state index < -0.39 is 30.4 Å². The van der Waals surface area contributed by atoms with Crippen LogP contribution < -0.4 is 5.73 Å². The molecule has 4 nitrogen and oxygen atoms in total. The predicted molar refractivity (Wildman–Crippen MR) is 50.7 cm³/mol. The molecular formula is C9H16F3NO3. The zero-order valence-corrected chi connectivity index (χ0v) is 9.43. The first-order valence-corrected chi connectivity index (χ1v) is 4.75. The second-order valence-electron chi connectivity index (χ2n) is 3.63. The topological polar surface area (TPSA) is 61.5 Å². The van der Waals surface area contributed by atoms with Crippen LogP contribution in [0.5, 0.6) is 0 Å². The Bertz CT molecular complexity index is 241. The number of alkyl halides is 3. The first-order valence-electron chi connectivity index (χ1n) is 4.75. The van der Waals surface area contributed by atoms with Crippen LogP contribution in [0.3, 0.4) is 0 Å². The van der Waals surface area contributed by atoms with Crippen molar-refractivity contribution >= 4 is 5.97 Å². The molecule has 0 radical (unpaired) electrons. The summed E-state index contributed by atoms with van der Waals surface area (Å²) in [6.07, 6.45) is -6.44. The minimum Gasteiger partial charge on any atom is -0.465 e. The summed E-state index contributed by atoms with van der Waals surface area (Å²) in [4.78, 5) is 11.2. The summed E-state index contributed by atoms with van der Waals surface area (Å²) < 4.78 is 45.4. The third-order valence-electron chi connectivity index (χ3n) is 1.84. The Labute approximate surface area is 91.9 Å². The van der Waals surface area contributed by atoms with Gasteiger partial charge in [-0.1, -0.05) is 0 Å². The normalized spacial score (nSPS) is 17.7. The number of rotatable bonds is 5. The third kappa shape index (κ3) is 4.80. The molecule has 0 bridgehead atoms. The maximum absolute atomic E-state index is 12.1. The van der Waals surface area contributed by atoms with Crippen LogP contribution in [0, 0.1) is 0 Å². The van der Waals surface area contributed by atoms with Gasteiger partial charge in [0, 0.05) is 0 Å². The Morgan fingerprint density at radius 1 is 1.44 bits per heavy atom. The summed E-state index contributed by atoms with van der Waals surface area (Å²) >= 11 is 0. The second kappa shape index (κ2) is 5.49. The molecule has 16 heavy (non-hydrogen) atoms. The van der Waals surface area contributed by atoms with Crippen LogP contribution in [-0.2, 0) is 14.3 Å². The maximum Gasteiger partial charge on any atom is 0.414 e. The SMILES string of the molecule is CCOC(=O)C(C)(N)COC(C)C(F)(F)F. The predicted octanol–water partition coefficient (Wildman–Crippen LogP) is 1.23. The number of carbonyl (C=O) groups is 1. The maximum atomic E-state index is 12.1. The van der Waals surface area contributed by atoms with Crippen molar-refractivity contribution in [3.8, 4) is 0 Å². The number of esters is 1. The van der Waals surface area contributed by atoms with Crippen LogP contribution in [0.4, 0.5) is 13.2 Å². The molecule has 0 spiro atoms. The van der Waals surface area contributed by atoms with Crippen molar-refractivity contribution in [2.45, 2.75) is 38.6 Å². The molecule has 0 aromatic rings. The van der Waals surface area contributed by atoms with Crippen molar-refractivity contribution in [2.75, 3.05) is 13.2 Å². The summed E-state index contributed by atoms with van der Waals surface area (Å²) in [6.45, 7) is 3.25. The van der Waals surface area contributed by atoms with E-state index in [1.807, 2.05) is 0 Å². The monoisotopic (exact) mass is 243 g/mol. The van der Waals surface area contributed by atoms with E-state index in [1.165, 1.54) is 6.92 Å². The third-order valence-corrected chi connectivity index (χ3v) is 1.84. The number of halogens is 3. The van der Waals surface area contributed by atoms with Crippen molar-refractivity contribution in [1.82, 2.24) is 0 Å². The fourth-order valence-electron chi connectivity index (χ4n) is 0.747. The molecule has 0 aromatic heterocycles. The largest absolute Gasteiger partial charge is 0.465 e. The summed E-state index contributed by atoms with van der Waals surface area (Å²) in [6, 6.07) is 0. The standard InChI is InChI=1S/C9H16F3NO3/c1-4-15-7(14)8(3,13)5-16-6(2)9(10,11)12/h6H,4-5,13H2,1-3H3. The zero-order chi connectivity index (χ0) is 13.0. The van der Waals surface area contributed by atoms with Gasteiger partial charge in [0.2, 0.25) is 0 Å². The van der Waals surface area contributed by atoms with Crippen molar-refractivity contribution in [1.29, 1.82) is 0 Å². The molecule has 0 aromatic carbocycles. The van der Waals surface area contributed by atoms with Gasteiger partial charge in [-0.25, -0.2) is 4.79 Å². The van der Waals surface area contributed by atoms with Gasteiger partial charge in [-0.15, -0.1) is 0 Å². The molecule has 2 N–H and O–H groups in total. The van der Waals surface area contributed by atoms with E-state index in [1.54, 1.807) is 6.92 Å². The fourth-order valence-corrected chi connectivity index (χ4v) is 0.747. The highest BCUT2D eigenvalue weighted by atomic mass is 19.4. The second-order valence-corrected chi connectivity index (χ2v) is 3.63. The molecule has 7 heteroatoms. The molecule has 0 saturated heterocycles. The van der Waals surface area contributed by atoms with E-state index in [0.717, 1.165) is 6.92 Å². The van der Waals surface area contributed by atoms with E-state index in [2.05, 4.69) is 9.47 Å². The van der Waals surface area contributed by atoms with Gasteiger partial charge in [0.15, 0.2) is 6.10 Å². The highest BCUT2D eigenvalue weighted by molar-refractivity contribution is 5.80. The number of carbonyl (C=O) groups excluding carboxylic acids is 1. The first-order chi connectivity index (χ1) is 7.11. The van der Waals surface area contributed by atoms with E-state index in [-0.39, 0.29) is 6.61 Å². The van der Waals surface area contributed by atoms with Gasteiger partial charge in [0.05, 0.1) is 13.2 Å². The molecule has 0 aliphatic heterocycles. The van der Waals surface area contributed by atoms with Crippen LogP contribution in [0.1, 0.15) is 20.8 Å². The molecule has 0 heterocycles. The highest BCUT2D eigenvalue weighted by Crippen LogP contribution is 2.23. The van der Waals surface area contributed by atoms with Gasteiger partial charge >= 0.3 is 12.1 Å². The lowest BCUT2D eigenvalue weighted by Gasteiger charge is -2.25. The average molecular weight is 243 g/mol. The van der Waals surface area contributed by atoms with Crippen molar-refractivity contribution in [2.24, 2.45) is 5.73 Å². The lowest BCUT2D eigenvalue weighted by Crippen LogP contribution is -2.51. The van der Waals surface area contributed by atoms with Crippen LogP contribution >= 0.6 is 0 Å². The van der Waals surface area contributed by atoms with Crippen LogP contribution in [0.2, 0.25) is 0 Å². The van der Waals surface area contributed by atoms with Gasteiger partial charge in [0.25, 0.3) is 0 Å². The number of nitrogens with two attached hydrogens (primary N) is 1. The Kier molecular flexibility index (Phi) is 5.21. The molecule has 0 aliphatic carbocycles. The zero-order valence-electron chi connectivity index (χ0n) is 9.43. The smallest absolute Gasteiger partial charge is 0.414 e. The summed E-state index contributed by atoms with van der Waals surface area (Å²) in [5.74, 6) is -0.788. The van der Waals surface area contributed by atoms with Crippen LogP contribution in [-0.4, -0.2) is 37.0 Å². The molecule has 2 unspecified atom stereocenters. The Morgan fingerprint density at radius 3 is 2.31 bits per heavy atom.